The number of benzene rings is 1. The Balaban J connectivity index is 2.16. The topological polar surface area (TPSA) is 22.1 Å². The summed E-state index contributed by atoms with van der Waals surface area (Å²) in [6.45, 7) is 0. The van der Waals surface area contributed by atoms with Crippen LogP contribution in [0, 0.1) is 0 Å². The van der Waals surface area contributed by atoms with Crippen LogP contribution in [0.4, 0.5) is 0 Å². The van der Waals surface area contributed by atoms with Crippen molar-refractivity contribution in [3.8, 4) is 5.75 Å². The van der Waals surface area contributed by atoms with Crippen LogP contribution < -0.4 is 4.74 Å². The lowest BCUT2D eigenvalue weighted by Gasteiger charge is -1.99. The third-order valence-electron chi connectivity index (χ3n) is 2.03. The second kappa shape index (κ2) is 5.27. The molecule has 16 heavy (non-hydrogen) atoms. The van der Waals surface area contributed by atoms with Crippen LogP contribution in [0.3, 0.4) is 0 Å². The highest BCUT2D eigenvalue weighted by Crippen LogP contribution is 2.21. The summed E-state index contributed by atoms with van der Waals surface area (Å²) in [6.07, 6.45) is 5.92. The Labute approximate surface area is 107 Å². The van der Waals surface area contributed by atoms with Crippen molar-refractivity contribution in [3.05, 3.63) is 44.8 Å². The predicted octanol–water partition coefficient (Wildman–Crippen LogP) is 4.08. The second-order valence-electron chi connectivity index (χ2n) is 3.13. The summed E-state index contributed by atoms with van der Waals surface area (Å²) < 4.78 is 6.06. The number of thiazole rings is 1. The second-order valence-corrected chi connectivity index (χ2v) is 5.46. The number of aromatic nitrogens is 1. The van der Waals surface area contributed by atoms with Crippen molar-refractivity contribution >= 4 is 39.4 Å². The molecule has 0 bridgehead atoms. The fourth-order valence-corrected chi connectivity index (χ4v) is 2.47. The molecule has 0 atom stereocenters. The molecule has 1 aromatic heterocycles. The zero-order chi connectivity index (χ0) is 11.4. The van der Waals surface area contributed by atoms with Gasteiger partial charge in [0, 0.05) is 11.1 Å². The van der Waals surface area contributed by atoms with Gasteiger partial charge < -0.3 is 4.74 Å². The molecular weight excluding hydrogens is 286 g/mol. The lowest BCUT2D eigenvalue weighted by molar-refractivity contribution is 0.414. The van der Waals surface area contributed by atoms with Crippen LogP contribution in [0.15, 0.2) is 34.4 Å². The Hall–Kier alpha value is -1.13. The normalized spacial score (nSPS) is 10.9. The minimum Gasteiger partial charge on any atom is -0.497 e. The van der Waals surface area contributed by atoms with Gasteiger partial charge in [0.1, 0.15) is 5.75 Å². The van der Waals surface area contributed by atoms with Crippen LogP contribution in [0.2, 0.25) is 0 Å². The van der Waals surface area contributed by atoms with Crippen LogP contribution in [0.1, 0.15) is 10.4 Å². The number of ether oxygens (including phenoxy) is 1. The highest BCUT2D eigenvalue weighted by molar-refractivity contribution is 9.11. The Morgan fingerprint density at radius 2 is 2.25 bits per heavy atom. The number of hydrogen-bond donors (Lipinski definition) is 0. The Morgan fingerprint density at radius 1 is 1.38 bits per heavy atom. The van der Waals surface area contributed by atoms with Crippen molar-refractivity contribution < 1.29 is 4.74 Å². The molecule has 0 fully saturated rings. The Bertz CT molecular complexity index is 507. The van der Waals surface area contributed by atoms with Crippen molar-refractivity contribution in [2.75, 3.05) is 7.11 Å². The van der Waals surface area contributed by atoms with E-state index < -0.39 is 0 Å². The third-order valence-corrected chi connectivity index (χ3v) is 3.47. The van der Waals surface area contributed by atoms with Crippen molar-refractivity contribution in [1.29, 1.82) is 0 Å². The van der Waals surface area contributed by atoms with Gasteiger partial charge in [0.05, 0.1) is 7.11 Å². The molecule has 0 aliphatic carbocycles. The number of hydrogen-bond acceptors (Lipinski definition) is 3. The summed E-state index contributed by atoms with van der Waals surface area (Å²) in [5.74, 6) is 0.868. The molecule has 0 aliphatic heterocycles. The molecule has 1 heterocycles. The van der Waals surface area contributed by atoms with Gasteiger partial charge in [0.15, 0.2) is 3.92 Å². The molecule has 0 saturated heterocycles. The highest BCUT2D eigenvalue weighted by Gasteiger charge is 1.95. The van der Waals surface area contributed by atoms with E-state index in [0.29, 0.717) is 0 Å². The van der Waals surface area contributed by atoms with E-state index in [9.17, 15) is 0 Å². The van der Waals surface area contributed by atoms with Gasteiger partial charge in [-0.2, -0.15) is 0 Å². The smallest absolute Gasteiger partial charge is 0.159 e. The van der Waals surface area contributed by atoms with Crippen LogP contribution in [0.5, 0.6) is 5.75 Å². The van der Waals surface area contributed by atoms with E-state index in [2.05, 4.69) is 20.9 Å². The minimum atomic E-state index is 0.868. The lowest BCUT2D eigenvalue weighted by Crippen LogP contribution is -1.81. The van der Waals surface area contributed by atoms with Gasteiger partial charge in [0.25, 0.3) is 0 Å². The first-order valence-electron chi connectivity index (χ1n) is 4.71. The molecule has 2 nitrogen and oxygen atoms in total. The van der Waals surface area contributed by atoms with E-state index in [1.54, 1.807) is 18.4 Å². The Morgan fingerprint density at radius 3 is 2.94 bits per heavy atom. The zero-order valence-corrected chi connectivity index (χ0v) is 11.1. The fraction of sp³-hybridized carbons (Fsp3) is 0.0833. The van der Waals surface area contributed by atoms with Crippen LogP contribution in [-0.4, -0.2) is 12.1 Å². The third kappa shape index (κ3) is 2.93. The number of halogens is 1. The molecule has 0 radical (unpaired) electrons. The molecule has 0 unspecified atom stereocenters. The summed E-state index contributed by atoms with van der Waals surface area (Å²) in [5.41, 5.74) is 1.11. The minimum absolute atomic E-state index is 0.868. The molecule has 0 amide bonds. The van der Waals surface area contributed by atoms with Gasteiger partial charge in [-0.15, -0.1) is 11.3 Å². The van der Waals surface area contributed by atoms with E-state index in [4.69, 9.17) is 4.74 Å². The van der Waals surface area contributed by atoms with Gasteiger partial charge in [-0.25, -0.2) is 4.98 Å². The summed E-state index contributed by atoms with van der Waals surface area (Å²) in [6, 6.07) is 7.93. The van der Waals surface area contributed by atoms with Gasteiger partial charge in [0.2, 0.25) is 0 Å². The fourth-order valence-electron chi connectivity index (χ4n) is 1.26. The maximum Gasteiger partial charge on any atom is 0.159 e. The number of nitrogens with zero attached hydrogens (tertiary/aromatic N) is 1. The summed E-state index contributed by atoms with van der Waals surface area (Å²) in [4.78, 5) is 5.24. The summed E-state index contributed by atoms with van der Waals surface area (Å²) in [7, 11) is 1.67. The molecule has 2 aromatic rings. The van der Waals surface area contributed by atoms with Gasteiger partial charge in [-0.3, -0.25) is 0 Å². The SMILES string of the molecule is COc1cccc(/C=C/c2cnc(Br)s2)c1. The number of methoxy groups -OCH3 is 1. The largest absolute Gasteiger partial charge is 0.497 e. The first kappa shape index (κ1) is 11.4. The molecule has 0 aliphatic rings. The summed E-state index contributed by atoms with van der Waals surface area (Å²) in [5, 5.41) is 0. The molecule has 82 valence electrons. The average Bonchev–Trinajstić information content (AvgIpc) is 2.73. The van der Waals surface area contributed by atoms with E-state index in [1.165, 1.54) is 0 Å². The average molecular weight is 296 g/mol. The van der Waals surface area contributed by atoms with Crippen molar-refractivity contribution in [2.24, 2.45) is 0 Å². The molecular formula is C12H10BrNOS. The maximum atomic E-state index is 5.16. The van der Waals surface area contributed by atoms with E-state index in [1.807, 2.05) is 42.6 Å². The van der Waals surface area contributed by atoms with Crippen LogP contribution in [-0.2, 0) is 0 Å². The van der Waals surface area contributed by atoms with Gasteiger partial charge in [-0.05, 0) is 39.7 Å². The van der Waals surface area contributed by atoms with Crippen molar-refractivity contribution in [1.82, 2.24) is 4.98 Å². The zero-order valence-electron chi connectivity index (χ0n) is 8.68. The first-order valence-corrected chi connectivity index (χ1v) is 6.32. The van der Waals surface area contributed by atoms with E-state index in [-0.39, 0.29) is 0 Å². The van der Waals surface area contributed by atoms with E-state index >= 15 is 0 Å². The van der Waals surface area contributed by atoms with Crippen molar-refractivity contribution in [3.63, 3.8) is 0 Å². The molecule has 0 saturated carbocycles. The molecule has 1 aromatic carbocycles. The van der Waals surface area contributed by atoms with Gasteiger partial charge in [-0.1, -0.05) is 18.2 Å². The van der Waals surface area contributed by atoms with Crippen LogP contribution in [0.25, 0.3) is 12.2 Å². The number of rotatable bonds is 3. The molecule has 0 spiro atoms. The standard InChI is InChI=1S/C12H10BrNOS/c1-15-10-4-2-3-9(7-10)5-6-11-8-14-12(13)16-11/h2-8H,1H3/b6-5+. The quantitative estimate of drug-likeness (QED) is 0.851. The predicted molar refractivity (Wildman–Crippen MR) is 71.7 cm³/mol. The first-order chi connectivity index (χ1) is 7.78. The maximum absolute atomic E-state index is 5.16. The van der Waals surface area contributed by atoms with Gasteiger partial charge >= 0.3 is 0 Å². The molecule has 0 N–H and O–H groups in total. The Kier molecular flexibility index (Phi) is 3.74. The molecule has 4 heteroatoms. The monoisotopic (exact) mass is 295 g/mol. The molecule has 2 rings (SSSR count). The lowest BCUT2D eigenvalue weighted by atomic mass is 10.2. The summed E-state index contributed by atoms with van der Waals surface area (Å²) >= 11 is 4.94. The van der Waals surface area contributed by atoms with E-state index in [0.717, 1.165) is 20.1 Å². The highest BCUT2D eigenvalue weighted by atomic mass is 79.9. The van der Waals surface area contributed by atoms with Crippen molar-refractivity contribution in [2.45, 2.75) is 0 Å². The van der Waals surface area contributed by atoms with Crippen LogP contribution >= 0.6 is 27.3 Å².